The molecule has 0 aliphatic carbocycles. The van der Waals surface area contributed by atoms with Crippen LogP contribution in [0.15, 0.2) is 18.2 Å². The lowest BCUT2D eigenvalue weighted by Crippen LogP contribution is -2.33. The second-order valence-corrected chi connectivity index (χ2v) is 5.42. The summed E-state index contributed by atoms with van der Waals surface area (Å²) in [5.41, 5.74) is 0.672. The average Bonchev–Trinajstić information content (AvgIpc) is 2.76. The van der Waals surface area contributed by atoms with Gasteiger partial charge in [-0.3, -0.25) is 4.90 Å². The Morgan fingerprint density at radius 1 is 1.35 bits per heavy atom. The van der Waals surface area contributed by atoms with E-state index in [1.807, 2.05) is 0 Å². The SMILES string of the molecule is Fc1ccc(NCC2CCN(CC(F)(F)F)C2)cc1Cl. The molecular formula is C13H15ClF4N2. The summed E-state index contributed by atoms with van der Waals surface area (Å²) in [4.78, 5) is 1.41. The number of nitrogens with one attached hydrogen (secondary N) is 1. The zero-order valence-electron chi connectivity index (χ0n) is 10.7. The van der Waals surface area contributed by atoms with Crippen LogP contribution in [-0.4, -0.2) is 37.3 Å². The maximum Gasteiger partial charge on any atom is 0.401 e. The molecule has 1 atom stereocenters. The smallest absolute Gasteiger partial charge is 0.385 e. The van der Waals surface area contributed by atoms with E-state index in [1.165, 1.54) is 17.0 Å². The summed E-state index contributed by atoms with van der Waals surface area (Å²) >= 11 is 5.66. The van der Waals surface area contributed by atoms with Gasteiger partial charge in [-0.05, 0) is 37.1 Å². The van der Waals surface area contributed by atoms with E-state index >= 15 is 0 Å². The van der Waals surface area contributed by atoms with Gasteiger partial charge in [0.2, 0.25) is 0 Å². The fourth-order valence-electron chi connectivity index (χ4n) is 2.34. The Kier molecular flexibility index (Phi) is 4.75. The topological polar surface area (TPSA) is 15.3 Å². The third kappa shape index (κ3) is 4.52. The van der Waals surface area contributed by atoms with Crippen molar-refractivity contribution in [1.82, 2.24) is 4.90 Å². The molecule has 7 heteroatoms. The van der Waals surface area contributed by atoms with Gasteiger partial charge < -0.3 is 5.32 Å². The first-order valence-electron chi connectivity index (χ1n) is 6.31. The van der Waals surface area contributed by atoms with E-state index in [0.29, 0.717) is 25.3 Å². The number of alkyl halides is 3. The molecule has 1 N–H and O–H groups in total. The van der Waals surface area contributed by atoms with Gasteiger partial charge in [0.25, 0.3) is 0 Å². The van der Waals surface area contributed by atoms with Crippen molar-refractivity contribution in [3.8, 4) is 0 Å². The Bertz CT molecular complexity index is 464. The first-order chi connectivity index (χ1) is 9.33. The predicted octanol–water partition coefficient (Wildman–Crippen LogP) is 3.78. The molecule has 0 radical (unpaired) electrons. The molecule has 0 aromatic heterocycles. The highest BCUT2D eigenvalue weighted by molar-refractivity contribution is 6.31. The summed E-state index contributed by atoms with van der Waals surface area (Å²) in [5.74, 6) is -0.337. The molecule has 2 nitrogen and oxygen atoms in total. The first-order valence-corrected chi connectivity index (χ1v) is 6.69. The zero-order valence-corrected chi connectivity index (χ0v) is 11.4. The lowest BCUT2D eigenvalue weighted by Gasteiger charge is -2.18. The minimum atomic E-state index is -4.15. The minimum absolute atomic E-state index is 0.0279. The highest BCUT2D eigenvalue weighted by Crippen LogP contribution is 2.24. The van der Waals surface area contributed by atoms with Crippen molar-refractivity contribution in [1.29, 1.82) is 0 Å². The third-order valence-corrected chi connectivity index (χ3v) is 3.58. The zero-order chi connectivity index (χ0) is 14.8. The van der Waals surface area contributed by atoms with Crippen molar-refractivity contribution in [3.63, 3.8) is 0 Å². The summed E-state index contributed by atoms with van der Waals surface area (Å²) in [6.45, 7) is 0.569. The molecule has 0 amide bonds. The van der Waals surface area contributed by atoms with Crippen molar-refractivity contribution >= 4 is 17.3 Å². The molecule has 1 fully saturated rings. The number of rotatable bonds is 4. The van der Waals surface area contributed by atoms with Gasteiger partial charge in [0, 0.05) is 18.8 Å². The second kappa shape index (κ2) is 6.18. The van der Waals surface area contributed by atoms with E-state index in [9.17, 15) is 17.6 Å². The van der Waals surface area contributed by atoms with Gasteiger partial charge in [-0.15, -0.1) is 0 Å². The number of halogens is 5. The number of nitrogens with zero attached hydrogens (tertiary/aromatic N) is 1. The normalized spacial score (nSPS) is 20.4. The van der Waals surface area contributed by atoms with Crippen LogP contribution in [0, 0.1) is 11.7 Å². The van der Waals surface area contributed by atoms with Gasteiger partial charge in [-0.25, -0.2) is 4.39 Å². The van der Waals surface area contributed by atoms with Crippen LogP contribution in [-0.2, 0) is 0 Å². The number of likely N-dealkylation sites (tertiary alicyclic amines) is 1. The third-order valence-electron chi connectivity index (χ3n) is 3.29. The molecule has 0 spiro atoms. The first kappa shape index (κ1) is 15.4. The number of hydrogen-bond donors (Lipinski definition) is 1. The van der Waals surface area contributed by atoms with Crippen LogP contribution < -0.4 is 5.32 Å². The van der Waals surface area contributed by atoms with Gasteiger partial charge >= 0.3 is 6.18 Å². The predicted molar refractivity (Wildman–Crippen MR) is 70.5 cm³/mol. The molecule has 1 aromatic rings. The van der Waals surface area contributed by atoms with Crippen molar-refractivity contribution < 1.29 is 17.6 Å². The molecule has 1 aliphatic rings. The van der Waals surface area contributed by atoms with Gasteiger partial charge in [-0.2, -0.15) is 13.2 Å². The molecule has 1 unspecified atom stereocenters. The fourth-order valence-corrected chi connectivity index (χ4v) is 2.53. The van der Waals surface area contributed by atoms with Crippen LogP contribution >= 0.6 is 11.6 Å². The summed E-state index contributed by atoms with van der Waals surface area (Å²) in [6.07, 6.45) is -3.43. The number of anilines is 1. The number of benzene rings is 1. The summed E-state index contributed by atoms with van der Waals surface area (Å²) in [5, 5.41) is 3.11. The lowest BCUT2D eigenvalue weighted by molar-refractivity contribution is -0.143. The quantitative estimate of drug-likeness (QED) is 0.852. The summed E-state index contributed by atoms with van der Waals surface area (Å²) in [7, 11) is 0. The van der Waals surface area contributed by atoms with E-state index in [0.717, 1.165) is 6.42 Å². The summed E-state index contributed by atoms with van der Waals surface area (Å²) in [6, 6.07) is 4.29. The van der Waals surface area contributed by atoms with Crippen LogP contribution in [0.5, 0.6) is 0 Å². The van der Waals surface area contributed by atoms with Crippen LogP contribution in [0.4, 0.5) is 23.2 Å². The lowest BCUT2D eigenvalue weighted by atomic mass is 10.1. The fraction of sp³-hybridized carbons (Fsp3) is 0.538. The molecule has 1 heterocycles. The van der Waals surface area contributed by atoms with Crippen LogP contribution in [0.1, 0.15) is 6.42 Å². The van der Waals surface area contributed by atoms with Crippen LogP contribution in [0.3, 0.4) is 0 Å². The Labute approximate surface area is 119 Å². The van der Waals surface area contributed by atoms with Gasteiger partial charge in [0.1, 0.15) is 5.82 Å². The number of hydrogen-bond acceptors (Lipinski definition) is 2. The van der Waals surface area contributed by atoms with Gasteiger partial charge in [0.05, 0.1) is 11.6 Å². The van der Waals surface area contributed by atoms with E-state index in [2.05, 4.69) is 5.32 Å². The molecule has 1 aliphatic heterocycles. The highest BCUT2D eigenvalue weighted by atomic mass is 35.5. The largest absolute Gasteiger partial charge is 0.401 e. The molecule has 1 aromatic carbocycles. The van der Waals surface area contributed by atoms with Crippen molar-refractivity contribution in [3.05, 3.63) is 29.0 Å². The van der Waals surface area contributed by atoms with Gasteiger partial charge in [0.15, 0.2) is 0 Å². The van der Waals surface area contributed by atoms with E-state index in [-0.39, 0.29) is 10.9 Å². The molecule has 112 valence electrons. The van der Waals surface area contributed by atoms with E-state index in [1.54, 1.807) is 6.07 Å². The van der Waals surface area contributed by atoms with Crippen molar-refractivity contribution in [2.75, 3.05) is 31.5 Å². The Morgan fingerprint density at radius 3 is 2.75 bits per heavy atom. The highest BCUT2D eigenvalue weighted by Gasteiger charge is 2.34. The Morgan fingerprint density at radius 2 is 2.10 bits per heavy atom. The van der Waals surface area contributed by atoms with Crippen molar-refractivity contribution in [2.45, 2.75) is 12.6 Å². The van der Waals surface area contributed by atoms with E-state index < -0.39 is 18.5 Å². The van der Waals surface area contributed by atoms with Crippen LogP contribution in [0.2, 0.25) is 5.02 Å². The molecule has 0 bridgehead atoms. The molecular weight excluding hydrogens is 296 g/mol. The monoisotopic (exact) mass is 310 g/mol. The minimum Gasteiger partial charge on any atom is -0.385 e. The van der Waals surface area contributed by atoms with Crippen molar-refractivity contribution in [2.24, 2.45) is 5.92 Å². The molecule has 2 rings (SSSR count). The molecule has 1 saturated heterocycles. The molecule has 20 heavy (non-hydrogen) atoms. The maximum atomic E-state index is 13.0. The average molecular weight is 311 g/mol. The van der Waals surface area contributed by atoms with Gasteiger partial charge in [-0.1, -0.05) is 11.6 Å². The standard InChI is InChI=1S/C13H15ClF4N2/c14-11-5-10(1-2-12(11)15)19-6-9-3-4-20(7-9)8-13(16,17)18/h1-2,5,9,19H,3-4,6-8H2. The Hall–Kier alpha value is -1.01. The van der Waals surface area contributed by atoms with E-state index in [4.69, 9.17) is 11.6 Å². The summed E-state index contributed by atoms with van der Waals surface area (Å²) < 4.78 is 49.8. The molecule has 0 saturated carbocycles. The van der Waals surface area contributed by atoms with Crippen LogP contribution in [0.25, 0.3) is 0 Å². The second-order valence-electron chi connectivity index (χ2n) is 5.01. The maximum absolute atomic E-state index is 13.0. The Balaban J connectivity index is 1.79.